The van der Waals surface area contributed by atoms with Crippen LogP contribution in [0, 0.1) is 5.92 Å². The lowest BCUT2D eigenvalue weighted by molar-refractivity contribution is -0.132. The molecule has 5 aromatic carbocycles. The first kappa shape index (κ1) is 44.5. The van der Waals surface area contributed by atoms with Crippen molar-refractivity contribution in [3.8, 4) is 28.7 Å². The molecule has 1 saturated carbocycles. The normalized spacial score (nSPS) is 20.3. The number of benzene rings is 5. The smallest absolute Gasteiger partial charge is 0.258 e. The number of amides is 4. The number of hydrogen-bond acceptors (Lipinski definition) is 8. The van der Waals surface area contributed by atoms with E-state index in [4.69, 9.17) is 30.5 Å². The highest BCUT2D eigenvalue weighted by Gasteiger charge is 2.30. The van der Waals surface area contributed by atoms with E-state index in [1.165, 1.54) is 0 Å². The quantitative estimate of drug-likeness (QED) is 0.129. The summed E-state index contributed by atoms with van der Waals surface area (Å²) in [7, 11) is 0. The van der Waals surface area contributed by atoms with Gasteiger partial charge in [0.1, 0.15) is 35.9 Å². The van der Waals surface area contributed by atoms with E-state index < -0.39 is 18.0 Å². The van der Waals surface area contributed by atoms with Gasteiger partial charge in [0.2, 0.25) is 17.7 Å². The number of hydrogen-bond donors (Lipinski definition) is 4. The van der Waals surface area contributed by atoms with Gasteiger partial charge in [0.25, 0.3) is 5.91 Å². The molecular formula is C50H53ClN4O8. The van der Waals surface area contributed by atoms with Crippen molar-refractivity contribution in [3.63, 3.8) is 0 Å². The zero-order chi connectivity index (χ0) is 44.0. The predicted octanol–water partition coefficient (Wildman–Crippen LogP) is 7.81. The van der Waals surface area contributed by atoms with Gasteiger partial charge < -0.3 is 40.2 Å². The lowest BCUT2D eigenvalue weighted by Gasteiger charge is -2.29. The van der Waals surface area contributed by atoms with Gasteiger partial charge >= 0.3 is 0 Å². The third kappa shape index (κ3) is 13.0. The summed E-state index contributed by atoms with van der Waals surface area (Å²) in [6.45, 7) is 2.31. The highest BCUT2D eigenvalue weighted by molar-refractivity contribution is 6.30. The standard InChI is InChI=1S/C50H53ClN4O8/c1-2-60-44-30-42(63-41-15-9-14-38(51)29-41)28-37-31-61-40-22-18-33(19-23-40)24-25-52-49(58)43(26-34-10-5-3-6-11-34)54-50(59)47(36-12-7-4-8-13-36)55-45(56)27-35-16-20-39(21-17-35)53-46(57)32-62-48(37)44/h3-15,18-19,22-23,28-30,35,39,43,47H,2,16-17,20-21,24-27,31-32H2,1H3,(H,52,58)(H,53,57)(H,54,59)(H,55,56)/t35?,39?,43-,47+/m1/s1. The fraction of sp³-hybridized carbons (Fsp3) is 0.320. The van der Waals surface area contributed by atoms with Crippen LogP contribution in [0.5, 0.6) is 28.7 Å². The van der Waals surface area contributed by atoms with Gasteiger partial charge in [-0.2, -0.15) is 0 Å². The molecule has 1 aliphatic carbocycles. The van der Waals surface area contributed by atoms with Gasteiger partial charge in [0, 0.05) is 42.1 Å². The Morgan fingerprint density at radius 3 is 2.17 bits per heavy atom. The molecular weight excluding hydrogens is 820 g/mol. The van der Waals surface area contributed by atoms with Crippen LogP contribution in [0.15, 0.2) is 121 Å². The maximum Gasteiger partial charge on any atom is 0.258 e. The van der Waals surface area contributed by atoms with Crippen molar-refractivity contribution in [2.75, 3.05) is 19.8 Å². The molecule has 0 radical (unpaired) electrons. The van der Waals surface area contributed by atoms with E-state index in [0.29, 0.717) is 90.2 Å². The Bertz CT molecular complexity index is 2320. The van der Waals surface area contributed by atoms with Crippen molar-refractivity contribution in [2.45, 2.75) is 76.6 Å². The van der Waals surface area contributed by atoms with Crippen LogP contribution >= 0.6 is 11.6 Å². The summed E-state index contributed by atoms with van der Waals surface area (Å²) < 4.78 is 24.7. The molecule has 4 aliphatic heterocycles. The molecule has 4 bridgehead atoms. The molecule has 2 atom stereocenters. The zero-order valence-corrected chi connectivity index (χ0v) is 36.0. The first-order valence-corrected chi connectivity index (χ1v) is 21.9. The van der Waals surface area contributed by atoms with Gasteiger partial charge in [-0.15, -0.1) is 0 Å². The van der Waals surface area contributed by atoms with E-state index in [0.717, 1.165) is 11.1 Å². The molecule has 0 unspecified atom stereocenters. The molecule has 4 heterocycles. The molecule has 0 saturated heterocycles. The predicted molar refractivity (Wildman–Crippen MR) is 240 cm³/mol. The monoisotopic (exact) mass is 872 g/mol. The molecule has 5 aliphatic rings. The number of carbonyl (C=O) groups excluding carboxylic acids is 4. The first-order chi connectivity index (χ1) is 30.7. The molecule has 1 fully saturated rings. The molecule has 328 valence electrons. The number of nitrogens with one attached hydrogen (secondary N) is 4. The number of ether oxygens (including phenoxy) is 4. The van der Waals surface area contributed by atoms with Gasteiger partial charge in [0.05, 0.1) is 6.61 Å². The van der Waals surface area contributed by atoms with Crippen LogP contribution in [0.3, 0.4) is 0 Å². The molecule has 12 nitrogen and oxygen atoms in total. The minimum absolute atomic E-state index is 0.0621. The van der Waals surface area contributed by atoms with Gasteiger partial charge in [-0.1, -0.05) is 90.5 Å². The van der Waals surface area contributed by atoms with Gasteiger partial charge in [-0.25, -0.2) is 0 Å². The molecule has 13 heteroatoms. The van der Waals surface area contributed by atoms with E-state index in [-0.39, 0.29) is 55.7 Å². The summed E-state index contributed by atoms with van der Waals surface area (Å²) in [5, 5.41) is 12.6. The topological polar surface area (TPSA) is 153 Å². The van der Waals surface area contributed by atoms with Crippen molar-refractivity contribution < 1.29 is 38.1 Å². The Kier molecular flexibility index (Phi) is 15.6. The third-order valence-corrected chi connectivity index (χ3v) is 11.4. The Labute approximate surface area is 373 Å². The molecule has 63 heavy (non-hydrogen) atoms. The largest absolute Gasteiger partial charge is 0.490 e. The van der Waals surface area contributed by atoms with Crippen LogP contribution in [0.2, 0.25) is 5.02 Å². The highest BCUT2D eigenvalue weighted by Crippen LogP contribution is 2.39. The van der Waals surface area contributed by atoms with Crippen molar-refractivity contribution in [2.24, 2.45) is 5.92 Å². The Hall–Kier alpha value is -6.53. The fourth-order valence-corrected chi connectivity index (χ4v) is 8.10. The zero-order valence-electron chi connectivity index (χ0n) is 35.3. The molecule has 5 aromatic rings. The maximum absolute atomic E-state index is 14.1. The molecule has 4 N–H and O–H groups in total. The second-order valence-electron chi connectivity index (χ2n) is 15.8. The molecule has 4 amide bonds. The summed E-state index contributed by atoms with van der Waals surface area (Å²) in [4.78, 5) is 54.9. The van der Waals surface area contributed by atoms with Crippen molar-refractivity contribution in [3.05, 3.63) is 149 Å². The van der Waals surface area contributed by atoms with E-state index >= 15 is 0 Å². The SMILES string of the molecule is CCOc1cc(Oc2cccc(Cl)c2)cc2c1OCC(=O)NC1CCC(CC1)CC(=O)N[C@@H](c1ccccc1)C(=O)N[C@H](Cc1ccccc1)C(=O)NCCc1ccc(cc1)OC2. The Balaban J connectivity index is 1.13. The summed E-state index contributed by atoms with van der Waals surface area (Å²) in [5.41, 5.74) is 3.04. The number of carbonyl (C=O) groups is 4. The average Bonchev–Trinajstić information content (AvgIpc) is 3.28. The van der Waals surface area contributed by atoms with Crippen LogP contribution in [0.25, 0.3) is 0 Å². The lowest BCUT2D eigenvalue weighted by Crippen LogP contribution is -2.52. The lowest BCUT2D eigenvalue weighted by atomic mass is 9.84. The first-order valence-electron chi connectivity index (χ1n) is 21.5. The Morgan fingerprint density at radius 2 is 1.44 bits per heavy atom. The van der Waals surface area contributed by atoms with Gasteiger partial charge in [-0.05, 0) is 98.0 Å². The van der Waals surface area contributed by atoms with E-state index in [1.807, 2.05) is 79.7 Å². The molecule has 0 spiro atoms. The summed E-state index contributed by atoms with van der Waals surface area (Å²) >= 11 is 6.24. The van der Waals surface area contributed by atoms with Crippen molar-refractivity contribution in [1.82, 2.24) is 21.3 Å². The van der Waals surface area contributed by atoms with Crippen LogP contribution in [-0.4, -0.2) is 55.5 Å². The van der Waals surface area contributed by atoms with Crippen LogP contribution < -0.4 is 40.2 Å². The van der Waals surface area contributed by atoms with E-state index in [2.05, 4.69) is 21.3 Å². The van der Waals surface area contributed by atoms with Crippen LogP contribution in [0.1, 0.15) is 67.3 Å². The third-order valence-electron chi connectivity index (χ3n) is 11.1. The summed E-state index contributed by atoms with van der Waals surface area (Å²) in [5.74, 6) is 1.04. The van der Waals surface area contributed by atoms with Crippen LogP contribution in [-0.2, 0) is 38.6 Å². The highest BCUT2D eigenvalue weighted by atomic mass is 35.5. The number of halogens is 1. The molecule has 0 aromatic heterocycles. The van der Waals surface area contributed by atoms with Gasteiger partial charge in [0.15, 0.2) is 18.1 Å². The van der Waals surface area contributed by atoms with Gasteiger partial charge in [-0.3, -0.25) is 19.2 Å². The second kappa shape index (κ2) is 22.0. The maximum atomic E-state index is 14.1. The van der Waals surface area contributed by atoms with Crippen molar-refractivity contribution >= 4 is 35.2 Å². The van der Waals surface area contributed by atoms with E-state index in [1.54, 1.807) is 48.5 Å². The van der Waals surface area contributed by atoms with Crippen molar-refractivity contribution in [1.29, 1.82) is 0 Å². The molecule has 10 rings (SSSR count). The summed E-state index contributed by atoms with van der Waals surface area (Å²) in [6.07, 6.45) is 3.78. The number of rotatable bonds is 7. The minimum Gasteiger partial charge on any atom is -0.490 e. The fourth-order valence-electron chi connectivity index (χ4n) is 7.92. The van der Waals surface area contributed by atoms with Crippen LogP contribution in [0.4, 0.5) is 0 Å². The summed E-state index contributed by atoms with van der Waals surface area (Å²) in [6, 6.07) is 34.6. The van der Waals surface area contributed by atoms with E-state index in [9.17, 15) is 19.2 Å². The second-order valence-corrected chi connectivity index (χ2v) is 16.3. The minimum atomic E-state index is -1.01. The average molecular weight is 873 g/mol. The Morgan fingerprint density at radius 1 is 0.698 bits per heavy atom.